The Labute approximate surface area is 193 Å². The van der Waals surface area contributed by atoms with Crippen LogP contribution in [0.4, 0.5) is 4.79 Å². The standard InChI is InChI=1S/C27H39NO2S/c1-4-5-6-7-8-9-10-11-12-13-14-24-16-18-25(19-17-24)30-27(29)28-31-26-20-15-22(2)21-23(26)3/h15-21H,4-14H2,1-3H3,(H,28,29). The zero-order valence-electron chi connectivity index (χ0n) is 19.5. The normalized spacial score (nSPS) is 10.8. The average molecular weight is 442 g/mol. The van der Waals surface area contributed by atoms with Crippen molar-refractivity contribution in [2.75, 3.05) is 0 Å². The molecule has 0 aliphatic carbocycles. The SMILES string of the molecule is CCCCCCCCCCCCc1ccc(OC(=O)NSc2ccc(C)cc2C)cc1. The molecule has 0 aliphatic rings. The second-order valence-corrected chi connectivity index (χ2v) is 9.29. The molecule has 0 aromatic heterocycles. The Balaban J connectivity index is 1.58. The van der Waals surface area contributed by atoms with E-state index >= 15 is 0 Å². The van der Waals surface area contributed by atoms with Crippen molar-refractivity contribution >= 4 is 18.0 Å². The maximum Gasteiger partial charge on any atom is 0.422 e. The quantitative estimate of drug-likeness (QED) is 0.236. The van der Waals surface area contributed by atoms with Gasteiger partial charge in [0.25, 0.3) is 0 Å². The summed E-state index contributed by atoms with van der Waals surface area (Å²) in [6.07, 6.45) is 14.2. The van der Waals surface area contributed by atoms with Gasteiger partial charge in [0.2, 0.25) is 0 Å². The molecular weight excluding hydrogens is 402 g/mol. The number of unbranched alkanes of at least 4 members (excludes halogenated alkanes) is 9. The van der Waals surface area contributed by atoms with Gasteiger partial charge in [0.05, 0.1) is 0 Å². The third-order valence-corrected chi connectivity index (χ3v) is 6.47. The van der Waals surface area contributed by atoms with Crippen LogP contribution in [0.15, 0.2) is 47.4 Å². The monoisotopic (exact) mass is 441 g/mol. The number of benzene rings is 2. The number of ether oxygens (including phenoxy) is 1. The van der Waals surface area contributed by atoms with E-state index in [1.165, 1.54) is 87.3 Å². The van der Waals surface area contributed by atoms with Gasteiger partial charge in [-0.2, -0.15) is 0 Å². The van der Waals surface area contributed by atoms with Crippen molar-refractivity contribution in [3.63, 3.8) is 0 Å². The highest BCUT2D eigenvalue weighted by Gasteiger charge is 2.07. The third-order valence-electron chi connectivity index (χ3n) is 5.53. The highest BCUT2D eigenvalue weighted by Crippen LogP contribution is 2.21. The van der Waals surface area contributed by atoms with Gasteiger partial charge in [-0.3, -0.25) is 4.72 Å². The largest absolute Gasteiger partial charge is 0.422 e. The van der Waals surface area contributed by atoms with Crippen LogP contribution in [0.3, 0.4) is 0 Å². The summed E-state index contributed by atoms with van der Waals surface area (Å²) in [6.45, 7) is 6.37. The smallest absolute Gasteiger partial charge is 0.410 e. The van der Waals surface area contributed by atoms with Crippen molar-refractivity contribution in [2.24, 2.45) is 0 Å². The van der Waals surface area contributed by atoms with Crippen LogP contribution < -0.4 is 9.46 Å². The van der Waals surface area contributed by atoms with Crippen LogP contribution in [-0.2, 0) is 6.42 Å². The van der Waals surface area contributed by atoms with Crippen LogP contribution >= 0.6 is 11.9 Å². The zero-order valence-corrected chi connectivity index (χ0v) is 20.4. The minimum Gasteiger partial charge on any atom is -0.410 e. The lowest BCUT2D eigenvalue weighted by molar-refractivity contribution is 0.207. The lowest BCUT2D eigenvalue weighted by Gasteiger charge is -2.09. The summed E-state index contributed by atoms with van der Waals surface area (Å²) in [5, 5.41) is 0. The summed E-state index contributed by atoms with van der Waals surface area (Å²) < 4.78 is 8.14. The maximum absolute atomic E-state index is 12.1. The fraction of sp³-hybridized carbons (Fsp3) is 0.519. The number of rotatable bonds is 14. The Morgan fingerprint density at radius 3 is 2.06 bits per heavy atom. The van der Waals surface area contributed by atoms with Gasteiger partial charge < -0.3 is 4.74 Å². The van der Waals surface area contributed by atoms with Gasteiger partial charge in [0.1, 0.15) is 5.75 Å². The fourth-order valence-corrected chi connectivity index (χ4v) is 4.27. The predicted molar refractivity (Wildman–Crippen MR) is 133 cm³/mol. The molecule has 170 valence electrons. The van der Waals surface area contributed by atoms with Crippen molar-refractivity contribution < 1.29 is 9.53 Å². The minimum absolute atomic E-state index is 0.451. The summed E-state index contributed by atoms with van der Waals surface area (Å²) in [6, 6.07) is 14.0. The van der Waals surface area contributed by atoms with Crippen molar-refractivity contribution in [2.45, 2.75) is 96.3 Å². The second-order valence-electron chi connectivity index (χ2n) is 8.44. The Morgan fingerprint density at radius 1 is 0.839 bits per heavy atom. The summed E-state index contributed by atoms with van der Waals surface area (Å²) in [5.74, 6) is 0.575. The summed E-state index contributed by atoms with van der Waals surface area (Å²) in [4.78, 5) is 13.1. The van der Waals surface area contributed by atoms with Crippen molar-refractivity contribution in [1.29, 1.82) is 0 Å². The third kappa shape index (κ3) is 10.8. The molecule has 1 N–H and O–H groups in total. The number of nitrogens with one attached hydrogen (secondary N) is 1. The summed E-state index contributed by atoms with van der Waals surface area (Å²) in [7, 11) is 0. The molecule has 0 aliphatic heterocycles. The molecule has 3 nitrogen and oxygen atoms in total. The van der Waals surface area contributed by atoms with E-state index < -0.39 is 6.09 Å². The van der Waals surface area contributed by atoms with Crippen molar-refractivity contribution in [3.8, 4) is 5.75 Å². The van der Waals surface area contributed by atoms with Gasteiger partial charge in [-0.25, -0.2) is 4.79 Å². The van der Waals surface area contributed by atoms with E-state index in [0.717, 1.165) is 16.9 Å². The van der Waals surface area contributed by atoms with Gasteiger partial charge in [-0.1, -0.05) is 94.5 Å². The van der Waals surface area contributed by atoms with E-state index in [4.69, 9.17) is 4.74 Å². The number of aryl methyl sites for hydroxylation is 3. The van der Waals surface area contributed by atoms with E-state index in [2.05, 4.69) is 36.8 Å². The first-order valence-corrected chi connectivity index (χ1v) is 12.7. The van der Waals surface area contributed by atoms with Gasteiger partial charge >= 0.3 is 6.09 Å². The summed E-state index contributed by atoms with van der Waals surface area (Å²) in [5.41, 5.74) is 3.65. The molecule has 0 saturated heterocycles. The fourth-order valence-electron chi connectivity index (χ4n) is 3.68. The Morgan fingerprint density at radius 2 is 1.45 bits per heavy atom. The molecule has 2 aromatic carbocycles. The average Bonchev–Trinajstić information content (AvgIpc) is 2.75. The molecule has 4 heteroatoms. The Hall–Kier alpha value is -1.94. The van der Waals surface area contributed by atoms with Crippen LogP contribution in [0.1, 0.15) is 87.8 Å². The van der Waals surface area contributed by atoms with Gasteiger partial charge in [0.15, 0.2) is 0 Å². The molecule has 0 unspecified atom stereocenters. The molecule has 0 bridgehead atoms. The van der Waals surface area contributed by atoms with E-state index in [9.17, 15) is 4.79 Å². The van der Waals surface area contributed by atoms with Crippen LogP contribution in [-0.4, -0.2) is 6.09 Å². The maximum atomic E-state index is 12.1. The minimum atomic E-state index is -0.451. The van der Waals surface area contributed by atoms with Crippen LogP contribution in [0, 0.1) is 13.8 Å². The Kier molecular flexibility index (Phi) is 12.2. The zero-order chi connectivity index (χ0) is 22.3. The second kappa shape index (κ2) is 15.0. The molecule has 0 fully saturated rings. The molecule has 2 aromatic rings. The molecule has 0 heterocycles. The van der Waals surface area contributed by atoms with Crippen molar-refractivity contribution in [3.05, 3.63) is 59.2 Å². The topological polar surface area (TPSA) is 38.3 Å². The highest BCUT2D eigenvalue weighted by molar-refractivity contribution is 7.98. The molecular formula is C27H39NO2S. The van der Waals surface area contributed by atoms with E-state index in [-0.39, 0.29) is 0 Å². The lowest BCUT2D eigenvalue weighted by atomic mass is 10.0. The molecule has 1 amide bonds. The molecule has 0 radical (unpaired) electrons. The number of amides is 1. The molecule has 0 saturated carbocycles. The Bertz CT molecular complexity index is 773. The van der Waals surface area contributed by atoms with Crippen molar-refractivity contribution in [1.82, 2.24) is 4.72 Å². The van der Waals surface area contributed by atoms with E-state index in [1.54, 1.807) is 0 Å². The van der Waals surface area contributed by atoms with Gasteiger partial charge in [-0.05, 0) is 68.0 Å². The van der Waals surface area contributed by atoms with E-state index in [0.29, 0.717) is 5.75 Å². The first-order valence-electron chi connectivity index (χ1n) is 11.9. The first-order chi connectivity index (χ1) is 15.1. The molecule has 31 heavy (non-hydrogen) atoms. The van der Waals surface area contributed by atoms with Gasteiger partial charge in [0, 0.05) is 4.90 Å². The van der Waals surface area contributed by atoms with E-state index in [1.807, 2.05) is 31.2 Å². The number of carbonyl (C=O) groups excluding carboxylic acids is 1. The lowest BCUT2D eigenvalue weighted by Crippen LogP contribution is -2.20. The molecule has 0 spiro atoms. The molecule has 2 rings (SSSR count). The predicted octanol–water partition coefficient (Wildman–Crippen LogP) is 8.56. The van der Waals surface area contributed by atoms with Crippen LogP contribution in [0.2, 0.25) is 0 Å². The number of hydrogen-bond acceptors (Lipinski definition) is 3. The first kappa shape index (κ1) is 25.3. The summed E-state index contributed by atoms with van der Waals surface area (Å²) >= 11 is 1.29. The molecule has 0 atom stereocenters. The van der Waals surface area contributed by atoms with Gasteiger partial charge in [-0.15, -0.1) is 0 Å². The number of carbonyl (C=O) groups is 1. The van der Waals surface area contributed by atoms with Crippen LogP contribution in [0.5, 0.6) is 5.75 Å². The van der Waals surface area contributed by atoms with Crippen LogP contribution in [0.25, 0.3) is 0 Å². The highest BCUT2D eigenvalue weighted by atomic mass is 32.2. The number of hydrogen-bond donors (Lipinski definition) is 1.